The van der Waals surface area contributed by atoms with Gasteiger partial charge >= 0.3 is 0 Å². The summed E-state index contributed by atoms with van der Waals surface area (Å²) in [6.45, 7) is 1.91. The summed E-state index contributed by atoms with van der Waals surface area (Å²) in [5, 5.41) is 8.89. The smallest absolute Gasteiger partial charge is 0.145 e. The Balaban J connectivity index is 2.37. The van der Waals surface area contributed by atoms with Crippen molar-refractivity contribution in [3.05, 3.63) is 59.4 Å². The number of benzene rings is 2. The van der Waals surface area contributed by atoms with Gasteiger partial charge in [0.05, 0.1) is 5.56 Å². The molecule has 0 aliphatic rings. The number of nitrogens with zero attached hydrogens (tertiary/aromatic N) is 1. The number of rotatable bonds is 2. The molecule has 0 amide bonds. The molecule has 0 aliphatic heterocycles. The van der Waals surface area contributed by atoms with Crippen LogP contribution in [0.4, 0.5) is 4.39 Å². The highest BCUT2D eigenvalue weighted by Crippen LogP contribution is 2.27. The first-order chi connectivity index (χ1) is 8.20. The number of hydrogen-bond acceptors (Lipinski definition) is 2. The monoisotopic (exact) mass is 227 g/mol. The summed E-state index contributed by atoms with van der Waals surface area (Å²) in [4.78, 5) is 0. The third-order valence-corrected chi connectivity index (χ3v) is 2.38. The van der Waals surface area contributed by atoms with Gasteiger partial charge in [0.1, 0.15) is 23.4 Å². The van der Waals surface area contributed by atoms with E-state index in [1.807, 2.05) is 31.2 Å². The molecule has 0 heterocycles. The second-order valence-electron chi connectivity index (χ2n) is 3.62. The summed E-state index contributed by atoms with van der Waals surface area (Å²) < 4.78 is 18.5. The molecule has 0 spiro atoms. The van der Waals surface area contributed by atoms with E-state index in [2.05, 4.69) is 0 Å². The van der Waals surface area contributed by atoms with Crippen LogP contribution in [0.3, 0.4) is 0 Å². The van der Waals surface area contributed by atoms with Crippen molar-refractivity contribution in [3.8, 4) is 17.6 Å². The van der Waals surface area contributed by atoms with Crippen molar-refractivity contribution in [2.45, 2.75) is 6.92 Å². The third kappa shape index (κ3) is 2.43. The van der Waals surface area contributed by atoms with Crippen LogP contribution in [0.2, 0.25) is 0 Å². The van der Waals surface area contributed by atoms with E-state index in [1.165, 1.54) is 12.1 Å². The first-order valence-electron chi connectivity index (χ1n) is 5.14. The quantitative estimate of drug-likeness (QED) is 0.781. The molecule has 2 aromatic rings. The Kier molecular flexibility index (Phi) is 3.06. The molecule has 0 saturated heterocycles. The van der Waals surface area contributed by atoms with Gasteiger partial charge < -0.3 is 4.74 Å². The minimum Gasteiger partial charge on any atom is -0.456 e. The Bertz CT molecular complexity index is 587. The highest BCUT2D eigenvalue weighted by atomic mass is 19.1. The van der Waals surface area contributed by atoms with Crippen LogP contribution in [-0.4, -0.2) is 0 Å². The molecule has 0 fully saturated rings. The predicted molar refractivity (Wildman–Crippen MR) is 62.4 cm³/mol. The van der Waals surface area contributed by atoms with E-state index in [-0.39, 0.29) is 5.56 Å². The molecular formula is C14H10FNO. The summed E-state index contributed by atoms with van der Waals surface area (Å²) in [7, 11) is 0. The lowest BCUT2D eigenvalue weighted by Crippen LogP contribution is -1.91. The summed E-state index contributed by atoms with van der Waals surface area (Å²) >= 11 is 0. The lowest BCUT2D eigenvalue weighted by Gasteiger charge is -2.09. The van der Waals surface area contributed by atoms with Gasteiger partial charge in [0.2, 0.25) is 0 Å². The lowest BCUT2D eigenvalue weighted by atomic mass is 10.2. The van der Waals surface area contributed by atoms with Crippen LogP contribution in [-0.2, 0) is 0 Å². The molecule has 0 saturated carbocycles. The van der Waals surface area contributed by atoms with Gasteiger partial charge in [0.25, 0.3) is 0 Å². The maximum atomic E-state index is 12.9. The topological polar surface area (TPSA) is 33.0 Å². The van der Waals surface area contributed by atoms with E-state index in [4.69, 9.17) is 10.00 Å². The molecule has 0 aromatic heterocycles. The van der Waals surface area contributed by atoms with Crippen molar-refractivity contribution in [3.63, 3.8) is 0 Å². The zero-order valence-corrected chi connectivity index (χ0v) is 9.27. The molecule has 17 heavy (non-hydrogen) atoms. The van der Waals surface area contributed by atoms with Crippen LogP contribution in [0.5, 0.6) is 11.5 Å². The molecule has 0 unspecified atom stereocenters. The third-order valence-electron chi connectivity index (χ3n) is 2.38. The van der Waals surface area contributed by atoms with E-state index in [9.17, 15) is 4.39 Å². The van der Waals surface area contributed by atoms with Crippen molar-refractivity contribution in [1.82, 2.24) is 0 Å². The Morgan fingerprint density at radius 3 is 2.59 bits per heavy atom. The fourth-order valence-electron chi connectivity index (χ4n) is 1.47. The first kappa shape index (κ1) is 11.2. The molecule has 0 bridgehead atoms. The first-order valence-corrected chi connectivity index (χ1v) is 5.14. The number of para-hydroxylation sites is 1. The van der Waals surface area contributed by atoms with Crippen LogP contribution < -0.4 is 4.74 Å². The largest absolute Gasteiger partial charge is 0.456 e. The summed E-state index contributed by atoms with van der Waals surface area (Å²) in [5.74, 6) is 0.581. The Morgan fingerprint density at radius 1 is 1.12 bits per heavy atom. The predicted octanol–water partition coefficient (Wildman–Crippen LogP) is 3.80. The normalized spacial score (nSPS) is 9.71. The maximum Gasteiger partial charge on any atom is 0.145 e. The molecule has 2 rings (SSSR count). The summed E-state index contributed by atoms with van der Waals surface area (Å²) in [6.07, 6.45) is 0. The van der Waals surface area contributed by atoms with Gasteiger partial charge in [-0.05, 0) is 36.8 Å². The van der Waals surface area contributed by atoms with Gasteiger partial charge in [-0.25, -0.2) is 4.39 Å². The molecular weight excluding hydrogens is 217 g/mol. The highest BCUT2D eigenvalue weighted by molar-refractivity contribution is 5.46. The Hall–Kier alpha value is -2.34. The summed E-state index contributed by atoms with van der Waals surface area (Å²) in [5.41, 5.74) is 1.15. The lowest BCUT2D eigenvalue weighted by molar-refractivity contribution is 0.475. The number of ether oxygens (including phenoxy) is 1. The van der Waals surface area contributed by atoms with Crippen LogP contribution >= 0.6 is 0 Å². The van der Waals surface area contributed by atoms with Crippen molar-refractivity contribution < 1.29 is 9.13 Å². The molecule has 2 nitrogen and oxygen atoms in total. The molecule has 0 N–H and O–H groups in total. The van der Waals surface area contributed by atoms with Gasteiger partial charge in [-0.15, -0.1) is 0 Å². The van der Waals surface area contributed by atoms with E-state index in [1.54, 1.807) is 6.07 Å². The number of hydrogen-bond donors (Lipinski definition) is 0. The van der Waals surface area contributed by atoms with Gasteiger partial charge in [-0.1, -0.05) is 18.2 Å². The van der Waals surface area contributed by atoms with Gasteiger partial charge in [0.15, 0.2) is 0 Å². The minimum absolute atomic E-state index is 0.188. The van der Waals surface area contributed by atoms with Gasteiger partial charge in [-0.3, -0.25) is 0 Å². The molecule has 2 aromatic carbocycles. The van der Waals surface area contributed by atoms with Crippen molar-refractivity contribution >= 4 is 0 Å². The SMILES string of the molecule is Cc1ccccc1Oc1ccc(F)cc1C#N. The molecule has 0 radical (unpaired) electrons. The average Bonchev–Trinajstić information content (AvgIpc) is 2.34. The van der Waals surface area contributed by atoms with Gasteiger partial charge in [0, 0.05) is 0 Å². The zero-order chi connectivity index (χ0) is 12.3. The van der Waals surface area contributed by atoms with Crippen molar-refractivity contribution in [2.75, 3.05) is 0 Å². The highest BCUT2D eigenvalue weighted by Gasteiger charge is 2.07. The van der Waals surface area contributed by atoms with Crippen molar-refractivity contribution in [1.29, 1.82) is 5.26 Å². The van der Waals surface area contributed by atoms with E-state index < -0.39 is 5.82 Å². The minimum atomic E-state index is -0.446. The second kappa shape index (κ2) is 4.67. The number of aryl methyl sites for hydroxylation is 1. The van der Waals surface area contributed by atoms with Gasteiger partial charge in [-0.2, -0.15) is 5.26 Å². The fourth-order valence-corrected chi connectivity index (χ4v) is 1.47. The maximum absolute atomic E-state index is 12.9. The van der Waals surface area contributed by atoms with E-state index >= 15 is 0 Å². The second-order valence-corrected chi connectivity index (χ2v) is 3.62. The molecule has 3 heteroatoms. The molecule has 0 aliphatic carbocycles. The average molecular weight is 227 g/mol. The van der Waals surface area contributed by atoms with Crippen LogP contribution in [0.25, 0.3) is 0 Å². The Labute approximate surface area is 98.9 Å². The van der Waals surface area contributed by atoms with Crippen LogP contribution in [0, 0.1) is 24.1 Å². The van der Waals surface area contributed by atoms with Crippen LogP contribution in [0.15, 0.2) is 42.5 Å². The van der Waals surface area contributed by atoms with Crippen LogP contribution in [0.1, 0.15) is 11.1 Å². The van der Waals surface area contributed by atoms with E-state index in [0.29, 0.717) is 11.5 Å². The summed E-state index contributed by atoms with van der Waals surface area (Å²) in [6, 6.07) is 13.3. The number of halogens is 1. The molecule has 84 valence electrons. The standard InChI is InChI=1S/C14H10FNO/c1-10-4-2-3-5-13(10)17-14-7-6-12(15)8-11(14)9-16/h2-8H,1H3. The Morgan fingerprint density at radius 2 is 1.88 bits per heavy atom. The zero-order valence-electron chi connectivity index (χ0n) is 9.27. The number of nitriles is 1. The van der Waals surface area contributed by atoms with Crippen molar-refractivity contribution in [2.24, 2.45) is 0 Å². The molecule has 0 atom stereocenters. The fraction of sp³-hybridized carbons (Fsp3) is 0.0714. The van der Waals surface area contributed by atoms with E-state index in [0.717, 1.165) is 11.6 Å².